The van der Waals surface area contributed by atoms with Crippen LogP contribution in [0.15, 0.2) is 0 Å². The van der Waals surface area contributed by atoms with Gasteiger partial charge in [0.05, 0.1) is 11.5 Å². The van der Waals surface area contributed by atoms with E-state index in [2.05, 4.69) is 22.9 Å². The Bertz CT molecular complexity index is 332. The summed E-state index contributed by atoms with van der Waals surface area (Å²) in [5.74, 6) is -1.73. The summed E-state index contributed by atoms with van der Waals surface area (Å²) < 4.78 is 0. The Morgan fingerprint density at radius 3 is 2.41 bits per heavy atom. The first-order valence-electron chi connectivity index (χ1n) is 4.90. The van der Waals surface area contributed by atoms with Crippen LogP contribution in [0.5, 0.6) is 0 Å². The van der Waals surface area contributed by atoms with E-state index in [1.165, 1.54) is 14.1 Å². The fraction of sp³-hybridized carbons (Fsp3) is 0.556. The topological polar surface area (TPSA) is 105 Å². The Labute approximate surface area is 105 Å². The van der Waals surface area contributed by atoms with Gasteiger partial charge in [0.2, 0.25) is 5.91 Å². The number of rotatable bonds is 5. The van der Waals surface area contributed by atoms with Crippen LogP contribution >= 0.6 is 12.2 Å². The Morgan fingerprint density at radius 2 is 1.94 bits per heavy atom. The molecule has 3 amide bonds. The standard InChI is InChI=1S/C9H16N4O3S/c1-11-7(14)3-4-13(2)9(16)8(15)12-5-6(10)17/h3-5H2,1-2H3,(H2,10,17)(H,11,14)(H,12,15). The van der Waals surface area contributed by atoms with Gasteiger partial charge < -0.3 is 21.3 Å². The number of nitrogens with zero attached hydrogens (tertiary/aromatic N) is 1. The smallest absolute Gasteiger partial charge is 0.311 e. The second-order valence-corrected chi connectivity index (χ2v) is 3.82. The number of carbonyl (C=O) groups excluding carboxylic acids is 3. The van der Waals surface area contributed by atoms with Crippen LogP contribution in [0, 0.1) is 0 Å². The maximum Gasteiger partial charge on any atom is 0.311 e. The average molecular weight is 260 g/mol. The molecule has 0 aromatic rings. The molecule has 17 heavy (non-hydrogen) atoms. The molecule has 7 nitrogen and oxygen atoms in total. The molecule has 0 aliphatic heterocycles. The van der Waals surface area contributed by atoms with Gasteiger partial charge in [-0.15, -0.1) is 0 Å². The molecule has 0 bridgehead atoms. The molecule has 0 radical (unpaired) electrons. The highest BCUT2D eigenvalue weighted by Crippen LogP contribution is 1.89. The lowest BCUT2D eigenvalue weighted by atomic mass is 10.3. The third-order valence-corrected chi connectivity index (χ3v) is 2.06. The molecule has 0 aliphatic rings. The predicted octanol–water partition coefficient (Wildman–Crippen LogP) is -2.02. The summed E-state index contributed by atoms with van der Waals surface area (Å²) in [7, 11) is 2.94. The van der Waals surface area contributed by atoms with Crippen LogP contribution in [-0.4, -0.2) is 54.8 Å². The van der Waals surface area contributed by atoms with Gasteiger partial charge in [-0.3, -0.25) is 14.4 Å². The van der Waals surface area contributed by atoms with Crippen molar-refractivity contribution in [1.82, 2.24) is 15.5 Å². The molecule has 0 aromatic carbocycles. The minimum Gasteiger partial charge on any atom is -0.392 e. The van der Waals surface area contributed by atoms with Crippen LogP contribution in [0.2, 0.25) is 0 Å². The average Bonchev–Trinajstić information content (AvgIpc) is 2.31. The zero-order chi connectivity index (χ0) is 13.4. The number of hydrogen-bond acceptors (Lipinski definition) is 4. The van der Waals surface area contributed by atoms with Crippen molar-refractivity contribution in [3.63, 3.8) is 0 Å². The number of amides is 3. The van der Waals surface area contributed by atoms with E-state index in [9.17, 15) is 14.4 Å². The number of likely N-dealkylation sites (N-methyl/N-ethyl adjacent to an activating group) is 1. The minimum absolute atomic E-state index is 0.0246. The number of nitrogens with one attached hydrogen (secondary N) is 2. The summed E-state index contributed by atoms with van der Waals surface area (Å²) in [5, 5.41) is 4.68. The molecule has 0 unspecified atom stereocenters. The number of nitrogens with two attached hydrogens (primary N) is 1. The fourth-order valence-electron chi connectivity index (χ4n) is 0.912. The molecule has 0 spiro atoms. The van der Waals surface area contributed by atoms with E-state index in [1.54, 1.807) is 0 Å². The van der Waals surface area contributed by atoms with Crippen molar-refractivity contribution < 1.29 is 14.4 Å². The molecule has 8 heteroatoms. The van der Waals surface area contributed by atoms with Crippen LogP contribution in [0.1, 0.15) is 6.42 Å². The van der Waals surface area contributed by atoms with Gasteiger partial charge in [-0.2, -0.15) is 0 Å². The highest BCUT2D eigenvalue weighted by Gasteiger charge is 2.18. The van der Waals surface area contributed by atoms with Gasteiger partial charge in [0, 0.05) is 27.1 Å². The summed E-state index contributed by atoms with van der Waals surface area (Å²) in [6.07, 6.45) is 0.140. The Kier molecular flexibility index (Phi) is 6.80. The molecule has 0 saturated heterocycles. The molecule has 0 aromatic heterocycles. The first-order chi connectivity index (χ1) is 7.88. The third-order valence-electron chi connectivity index (χ3n) is 1.92. The van der Waals surface area contributed by atoms with Crippen LogP contribution in [-0.2, 0) is 14.4 Å². The maximum atomic E-state index is 11.5. The number of carbonyl (C=O) groups is 3. The van der Waals surface area contributed by atoms with Gasteiger partial charge in [0.15, 0.2) is 0 Å². The molecule has 4 N–H and O–H groups in total. The molecular weight excluding hydrogens is 244 g/mol. The number of thiocarbonyl (C=S) groups is 1. The van der Waals surface area contributed by atoms with Crippen LogP contribution in [0.4, 0.5) is 0 Å². The van der Waals surface area contributed by atoms with Gasteiger partial charge in [0.1, 0.15) is 0 Å². The van der Waals surface area contributed by atoms with Gasteiger partial charge in [-0.25, -0.2) is 0 Å². The van der Waals surface area contributed by atoms with Crippen LogP contribution in [0.25, 0.3) is 0 Å². The molecule has 0 atom stereocenters. The first kappa shape index (κ1) is 15.3. The normalized spacial score (nSPS) is 9.29. The van der Waals surface area contributed by atoms with Gasteiger partial charge in [0.25, 0.3) is 0 Å². The van der Waals surface area contributed by atoms with E-state index in [1.807, 2.05) is 0 Å². The highest BCUT2D eigenvalue weighted by molar-refractivity contribution is 7.80. The van der Waals surface area contributed by atoms with Gasteiger partial charge >= 0.3 is 11.8 Å². The van der Waals surface area contributed by atoms with Crippen molar-refractivity contribution >= 4 is 34.9 Å². The summed E-state index contributed by atoms with van der Waals surface area (Å²) in [5.41, 5.74) is 5.17. The van der Waals surface area contributed by atoms with Gasteiger partial charge in [-0.05, 0) is 0 Å². The second kappa shape index (κ2) is 7.55. The lowest BCUT2D eigenvalue weighted by molar-refractivity contribution is -0.145. The SMILES string of the molecule is CNC(=O)CCN(C)C(=O)C(=O)NCC(N)=S. The summed E-state index contributed by atoms with van der Waals surface area (Å²) in [4.78, 5) is 34.9. The van der Waals surface area contributed by atoms with Crippen molar-refractivity contribution in [2.24, 2.45) is 5.73 Å². The van der Waals surface area contributed by atoms with E-state index in [0.717, 1.165) is 4.90 Å². The molecule has 0 heterocycles. The molecule has 0 saturated carbocycles. The van der Waals surface area contributed by atoms with E-state index >= 15 is 0 Å². The zero-order valence-electron chi connectivity index (χ0n) is 9.78. The largest absolute Gasteiger partial charge is 0.392 e. The molecule has 0 rings (SSSR count). The van der Waals surface area contributed by atoms with Crippen LogP contribution in [0.3, 0.4) is 0 Å². The minimum atomic E-state index is -0.794. The monoisotopic (exact) mass is 260 g/mol. The Balaban J connectivity index is 4.07. The van der Waals surface area contributed by atoms with E-state index in [4.69, 9.17) is 5.73 Å². The Morgan fingerprint density at radius 1 is 1.35 bits per heavy atom. The zero-order valence-corrected chi connectivity index (χ0v) is 10.6. The van der Waals surface area contributed by atoms with Crippen molar-refractivity contribution in [2.75, 3.05) is 27.2 Å². The number of hydrogen-bond donors (Lipinski definition) is 3. The fourth-order valence-corrected chi connectivity index (χ4v) is 0.984. The third kappa shape index (κ3) is 6.46. The van der Waals surface area contributed by atoms with Crippen molar-refractivity contribution in [3.8, 4) is 0 Å². The van der Waals surface area contributed by atoms with Crippen molar-refractivity contribution in [1.29, 1.82) is 0 Å². The van der Waals surface area contributed by atoms with Crippen molar-refractivity contribution in [3.05, 3.63) is 0 Å². The quantitative estimate of drug-likeness (QED) is 0.391. The van der Waals surface area contributed by atoms with E-state index < -0.39 is 11.8 Å². The summed E-state index contributed by atoms with van der Waals surface area (Å²) >= 11 is 4.55. The highest BCUT2D eigenvalue weighted by atomic mass is 32.1. The first-order valence-corrected chi connectivity index (χ1v) is 5.31. The lowest BCUT2D eigenvalue weighted by Gasteiger charge is -2.15. The summed E-state index contributed by atoms with van der Waals surface area (Å²) in [6, 6.07) is 0. The predicted molar refractivity (Wildman–Crippen MR) is 66.1 cm³/mol. The lowest BCUT2D eigenvalue weighted by Crippen LogP contribution is -2.44. The molecule has 96 valence electrons. The second-order valence-electron chi connectivity index (χ2n) is 3.30. The Hall–Kier alpha value is -1.70. The molecule has 0 fully saturated rings. The molecular formula is C9H16N4O3S. The maximum absolute atomic E-state index is 11.5. The van der Waals surface area contributed by atoms with E-state index in [-0.39, 0.29) is 30.4 Å². The van der Waals surface area contributed by atoms with Crippen molar-refractivity contribution in [2.45, 2.75) is 6.42 Å². The van der Waals surface area contributed by atoms with Crippen LogP contribution < -0.4 is 16.4 Å². The molecule has 0 aliphatic carbocycles. The van der Waals surface area contributed by atoms with E-state index in [0.29, 0.717) is 0 Å². The summed E-state index contributed by atoms with van der Waals surface area (Å²) in [6.45, 7) is 0.141. The van der Waals surface area contributed by atoms with Gasteiger partial charge in [-0.1, -0.05) is 12.2 Å².